The van der Waals surface area contributed by atoms with Gasteiger partial charge in [0, 0.05) is 12.2 Å². The smallest absolute Gasteiger partial charge is 0.240 e. The minimum atomic E-state index is -3.53. The summed E-state index contributed by atoms with van der Waals surface area (Å²) >= 11 is 0. The number of piperidine rings is 1. The number of carbonyl (C=O) groups is 1. The molecule has 1 aliphatic rings. The van der Waals surface area contributed by atoms with Crippen molar-refractivity contribution in [3.8, 4) is 0 Å². The van der Waals surface area contributed by atoms with Crippen molar-refractivity contribution in [1.82, 2.24) is 10.0 Å². The second-order valence-corrected chi connectivity index (χ2v) is 7.08. The number of carbonyl (C=O) groups excluding carboxylic acids is 1. The maximum absolute atomic E-state index is 12.2. The van der Waals surface area contributed by atoms with Gasteiger partial charge in [0.25, 0.3) is 0 Å². The van der Waals surface area contributed by atoms with Crippen LogP contribution in [-0.4, -0.2) is 34.5 Å². The van der Waals surface area contributed by atoms with Gasteiger partial charge in [-0.05, 0) is 51.1 Å². The van der Waals surface area contributed by atoms with Crippen LogP contribution in [0.4, 0.5) is 5.69 Å². The van der Waals surface area contributed by atoms with E-state index in [1.54, 1.807) is 19.1 Å². The van der Waals surface area contributed by atoms with Gasteiger partial charge >= 0.3 is 0 Å². The zero-order valence-electron chi connectivity index (χ0n) is 12.7. The molecule has 0 unspecified atom stereocenters. The van der Waals surface area contributed by atoms with Crippen LogP contribution in [0.1, 0.15) is 18.4 Å². The second kappa shape index (κ2) is 7.92. The SMILES string of the molecule is CNS(=O)(=O)c1cc(NC(=O)[C@@H]2CCCNC2)ccc1C.Cl. The number of aryl methyl sites for hydroxylation is 1. The third kappa shape index (κ3) is 4.42. The summed E-state index contributed by atoms with van der Waals surface area (Å²) in [5.74, 6) is -0.136. The summed E-state index contributed by atoms with van der Waals surface area (Å²) in [7, 11) is -2.16. The van der Waals surface area contributed by atoms with E-state index >= 15 is 0 Å². The first kappa shape index (κ1) is 18.9. The number of nitrogens with one attached hydrogen (secondary N) is 3. The maximum Gasteiger partial charge on any atom is 0.240 e. The summed E-state index contributed by atoms with van der Waals surface area (Å²) in [6.07, 6.45) is 1.83. The lowest BCUT2D eigenvalue weighted by molar-refractivity contribution is -0.120. The molecule has 6 nitrogen and oxygen atoms in total. The number of amides is 1. The molecular formula is C14H22ClN3O3S. The van der Waals surface area contributed by atoms with Crippen molar-refractivity contribution in [2.24, 2.45) is 5.92 Å². The summed E-state index contributed by atoms with van der Waals surface area (Å²) in [6.45, 7) is 3.33. The molecule has 3 N–H and O–H groups in total. The molecule has 0 aliphatic carbocycles. The van der Waals surface area contributed by atoms with Gasteiger partial charge in [0.2, 0.25) is 15.9 Å². The summed E-state index contributed by atoms with van der Waals surface area (Å²) in [5.41, 5.74) is 1.15. The van der Waals surface area contributed by atoms with Crippen molar-refractivity contribution in [2.75, 3.05) is 25.5 Å². The average molecular weight is 348 g/mol. The van der Waals surface area contributed by atoms with Gasteiger partial charge in [0.15, 0.2) is 0 Å². The van der Waals surface area contributed by atoms with Gasteiger partial charge < -0.3 is 10.6 Å². The van der Waals surface area contributed by atoms with Crippen LogP contribution in [0.15, 0.2) is 23.1 Å². The molecule has 1 aliphatic heterocycles. The highest BCUT2D eigenvalue weighted by Gasteiger charge is 2.22. The highest BCUT2D eigenvalue weighted by molar-refractivity contribution is 7.89. The Morgan fingerprint density at radius 3 is 2.68 bits per heavy atom. The molecule has 1 saturated heterocycles. The third-order valence-corrected chi connectivity index (χ3v) is 5.24. The Morgan fingerprint density at radius 2 is 2.09 bits per heavy atom. The van der Waals surface area contributed by atoms with Gasteiger partial charge in [0.05, 0.1) is 10.8 Å². The van der Waals surface area contributed by atoms with Crippen LogP contribution in [0, 0.1) is 12.8 Å². The van der Waals surface area contributed by atoms with E-state index in [0.29, 0.717) is 17.8 Å². The summed E-state index contributed by atoms with van der Waals surface area (Å²) in [5, 5.41) is 5.99. The number of anilines is 1. The highest BCUT2D eigenvalue weighted by atomic mass is 35.5. The second-order valence-electron chi connectivity index (χ2n) is 5.22. The molecule has 0 aromatic heterocycles. The quantitative estimate of drug-likeness (QED) is 0.765. The fourth-order valence-electron chi connectivity index (χ4n) is 2.40. The lowest BCUT2D eigenvalue weighted by Crippen LogP contribution is -2.37. The standard InChI is InChI=1S/C14H21N3O3S.ClH/c1-10-5-6-12(8-13(10)21(19,20)15-2)17-14(18)11-4-3-7-16-9-11;/h5-6,8,11,15-16H,3-4,7,9H2,1-2H3,(H,17,18);1H/t11-;/m1./s1. The van der Waals surface area contributed by atoms with Gasteiger partial charge in [-0.3, -0.25) is 4.79 Å². The highest BCUT2D eigenvalue weighted by Crippen LogP contribution is 2.21. The first-order chi connectivity index (χ1) is 9.94. The first-order valence-electron chi connectivity index (χ1n) is 7.00. The number of hydrogen-bond acceptors (Lipinski definition) is 4. The van der Waals surface area contributed by atoms with E-state index in [0.717, 1.165) is 19.4 Å². The molecule has 0 spiro atoms. The summed E-state index contributed by atoms with van der Waals surface area (Å²) < 4.78 is 26.1. The lowest BCUT2D eigenvalue weighted by atomic mass is 9.99. The van der Waals surface area contributed by atoms with Gasteiger partial charge in [-0.1, -0.05) is 6.07 Å². The molecule has 1 fully saturated rings. The van der Waals surface area contributed by atoms with Crippen molar-refractivity contribution in [3.05, 3.63) is 23.8 Å². The van der Waals surface area contributed by atoms with Crippen LogP contribution in [0.2, 0.25) is 0 Å². The monoisotopic (exact) mass is 347 g/mol. The number of halogens is 1. The lowest BCUT2D eigenvalue weighted by Gasteiger charge is -2.22. The molecule has 124 valence electrons. The number of benzene rings is 1. The molecule has 0 saturated carbocycles. The van der Waals surface area contributed by atoms with E-state index in [1.165, 1.54) is 13.1 Å². The Bertz CT molecular complexity index is 628. The van der Waals surface area contributed by atoms with Crippen molar-refractivity contribution in [3.63, 3.8) is 0 Å². The minimum Gasteiger partial charge on any atom is -0.326 e. The molecule has 8 heteroatoms. The zero-order chi connectivity index (χ0) is 15.5. The van der Waals surface area contributed by atoms with Crippen LogP contribution in [0.3, 0.4) is 0 Å². The van der Waals surface area contributed by atoms with Gasteiger partial charge in [0.1, 0.15) is 0 Å². The van der Waals surface area contributed by atoms with E-state index in [2.05, 4.69) is 15.4 Å². The van der Waals surface area contributed by atoms with Crippen LogP contribution in [0.5, 0.6) is 0 Å². The van der Waals surface area contributed by atoms with Gasteiger partial charge in [-0.15, -0.1) is 12.4 Å². The minimum absolute atomic E-state index is 0. The molecular weight excluding hydrogens is 326 g/mol. The van der Waals surface area contributed by atoms with Crippen molar-refractivity contribution in [2.45, 2.75) is 24.7 Å². The van der Waals surface area contributed by atoms with E-state index in [4.69, 9.17) is 0 Å². The molecule has 1 aromatic rings. The molecule has 0 radical (unpaired) electrons. The Morgan fingerprint density at radius 1 is 1.36 bits per heavy atom. The van der Waals surface area contributed by atoms with Crippen LogP contribution in [-0.2, 0) is 14.8 Å². The molecule has 1 heterocycles. The summed E-state index contributed by atoms with van der Waals surface area (Å²) in [6, 6.07) is 4.91. The Kier molecular flexibility index (Phi) is 6.80. The predicted molar refractivity (Wildman–Crippen MR) is 88.9 cm³/mol. The molecule has 1 aromatic carbocycles. The topological polar surface area (TPSA) is 87.3 Å². The van der Waals surface area contributed by atoms with Crippen LogP contribution < -0.4 is 15.4 Å². The number of rotatable bonds is 4. The number of hydrogen-bond donors (Lipinski definition) is 3. The molecule has 1 amide bonds. The van der Waals surface area contributed by atoms with E-state index in [-0.39, 0.29) is 29.1 Å². The molecule has 2 rings (SSSR count). The predicted octanol–water partition coefficient (Wildman–Crippen LogP) is 1.26. The number of sulfonamides is 1. The maximum atomic E-state index is 12.2. The van der Waals surface area contributed by atoms with Crippen LogP contribution >= 0.6 is 12.4 Å². The third-order valence-electron chi connectivity index (χ3n) is 3.68. The van der Waals surface area contributed by atoms with Crippen LogP contribution in [0.25, 0.3) is 0 Å². The zero-order valence-corrected chi connectivity index (χ0v) is 14.3. The van der Waals surface area contributed by atoms with Crippen molar-refractivity contribution >= 4 is 34.0 Å². The fourth-order valence-corrected chi connectivity index (χ4v) is 3.39. The fraction of sp³-hybridized carbons (Fsp3) is 0.500. The Labute approximate surface area is 137 Å². The van der Waals surface area contributed by atoms with Crippen molar-refractivity contribution < 1.29 is 13.2 Å². The first-order valence-corrected chi connectivity index (χ1v) is 8.48. The molecule has 0 bridgehead atoms. The van der Waals surface area contributed by atoms with E-state index in [9.17, 15) is 13.2 Å². The van der Waals surface area contributed by atoms with E-state index < -0.39 is 10.0 Å². The Balaban J connectivity index is 0.00000242. The van der Waals surface area contributed by atoms with Crippen molar-refractivity contribution in [1.29, 1.82) is 0 Å². The Hall–Kier alpha value is -1.15. The van der Waals surface area contributed by atoms with Gasteiger partial charge in [-0.25, -0.2) is 13.1 Å². The molecule has 1 atom stereocenters. The average Bonchev–Trinajstić information content (AvgIpc) is 2.50. The van der Waals surface area contributed by atoms with Gasteiger partial charge in [-0.2, -0.15) is 0 Å². The van der Waals surface area contributed by atoms with E-state index in [1.807, 2.05) is 0 Å². The largest absolute Gasteiger partial charge is 0.326 e. The summed E-state index contributed by atoms with van der Waals surface area (Å²) in [4.78, 5) is 12.4. The normalized spacial score (nSPS) is 18.4. The molecule has 22 heavy (non-hydrogen) atoms.